The molecule has 0 amide bonds. The van der Waals surface area contributed by atoms with Crippen molar-refractivity contribution in [3.63, 3.8) is 0 Å². The van der Waals surface area contributed by atoms with Gasteiger partial charge in [-0.05, 0) is 30.9 Å². The minimum Gasteiger partial charge on any atom is -0.294 e. The normalized spacial score (nSPS) is 23.9. The number of ketones is 1. The first-order chi connectivity index (χ1) is 8.63. The second kappa shape index (κ2) is 6.08. The first-order valence-corrected chi connectivity index (χ1v) is 7.37. The molecule has 0 saturated heterocycles. The molecule has 0 aliphatic heterocycles. The van der Waals surface area contributed by atoms with Crippen LogP contribution in [0, 0.1) is 11.8 Å². The quantitative estimate of drug-likeness (QED) is 0.680. The molecule has 2 atom stereocenters. The number of hydrogen-bond acceptors (Lipinski definition) is 1. The summed E-state index contributed by atoms with van der Waals surface area (Å²) in [5, 5.41) is 0.956. The summed E-state index contributed by atoms with van der Waals surface area (Å²) in [6, 6.07) is 5.25. The van der Waals surface area contributed by atoms with Crippen molar-refractivity contribution in [3.8, 4) is 0 Å². The van der Waals surface area contributed by atoms with Gasteiger partial charge in [0.15, 0.2) is 5.78 Å². The standard InChI is InChI=1S/C15H18Cl2O/c1-2-10-5-3-6-11(9-10)15(18)14-12(16)7-4-8-13(14)17/h4,7-8,10-11H,2-3,5-6,9H2,1H3. The van der Waals surface area contributed by atoms with Gasteiger partial charge in [0.2, 0.25) is 0 Å². The Balaban J connectivity index is 2.20. The number of carbonyl (C=O) groups is 1. The summed E-state index contributed by atoms with van der Waals surface area (Å²) >= 11 is 12.2. The van der Waals surface area contributed by atoms with Crippen LogP contribution in [0.1, 0.15) is 49.4 Å². The van der Waals surface area contributed by atoms with E-state index in [9.17, 15) is 4.79 Å². The molecule has 0 heterocycles. The van der Waals surface area contributed by atoms with E-state index in [0.29, 0.717) is 21.5 Å². The van der Waals surface area contributed by atoms with Gasteiger partial charge in [-0.15, -0.1) is 0 Å². The van der Waals surface area contributed by atoms with Crippen molar-refractivity contribution in [2.45, 2.75) is 39.0 Å². The van der Waals surface area contributed by atoms with Crippen molar-refractivity contribution < 1.29 is 4.79 Å². The third-order valence-electron chi connectivity index (χ3n) is 3.94. The Labute approximate surface area is 118 Å². The molecule has 3 heteroatoms. The van der Waals surface area contributed by atoms with E-state index in [4.69, 9.17) is 23.2 Å². The van der Waals surface area contributed by atoms with Crippen molar-refractivity contribution >= 4 is 29.0 Å². The molecule has 0 spiro atoms. The Hall–Kier alpha value is -0.530. The molecule has 0 N–H and O–H groups in total. The van der Waals surface area contributed by atoms with E-state index in [1.165, 1.54) is 6.42 Å². The van der Waals surface area contributed by atoms with Gasteiger partial charge in [-0.3, -0.25) is 4.79 Å². The SMILES string of the molecule is CCC1CCCC(C(=O)c2c(Cl)cccc2Cl)C1. The van der Waals surface area contributed by atoms with Crippen molar-refractivity contribution in [1.29, 1.82) is 0 Å². The highest BCUT2D eigenvalue weighted by Crippen LogP contribution is 2.36. The summed E-state index contributed by atoms with van der Waals surface area (Å²) in [6.45, 7) is 2.19. The van der Waals surface area contributed by atoms with E-state index in [0.717, 1.165) is 25.7 Å². The van der Waals surface area contributed by atoms with Gasteiger partial charge >= 0.3 is 0 Å². The molecule has 1 aliphatic rings. The van der Waals surface area contributed by atoms with E-state index >= 15 is 0 Å². The number of carbonyl (C=O) groups excluding carboxylic acids is 1. The fourth-order valence-corrected chi connectivity index (χ4v) is 3.42. The van der Waals surface area contributed by atoms with Crippen LogP contribution < -0.4 is 0 Å². The lowest BCUT2D eigenvalue weighted by atomic mass is 9.77. The lowest BCUT2D eigenvalue weighted by molar-refractivity contribution is 0.0862. The fourth-order valence-electron chi connectivity index (χ4n) is 2.84. The summed E-state index contributed by atoms with van der Waals surface area (Å²) in [5.74, 6) is 0.902. The van der Waals surface area contributed by atoms with Crippen LogP contribution >= 0.6 is 23.2 Å². The van der Waals surface area contributed by atoms with E-state index < -0.39 is 0 Å². The summed E-state index contributed by atoms with van der Waals surface area (Å²) in [7, 11) is 0. The van der Waals surface area contributed by atoms with Crippen LogP contribution in [0.25, 0.3) is 0 Å². The largest absolute Gasteiger partial charge is 0.294 e. The molecule has 0 bridgehead atoms. The summed E-state index contributed by atoms with van der Waals surface area (Å²) in [5.41, 5.74) is 0.516. The van der Waals surface area contributed by atoms with Gasteiger partial charge < -0.3 is 0 Å². The van der Waals surface area contributed by atoms with Gasteiger partial charge in [0.25, 0.3) is 0 Å². The van der Waals surface area contributed by atoms with Crippen LogP contribution in [0.15, 0.2) is 18.2 Å². The number of benzene rings is 1. The molecule has 1 nitrogen and oxygen atoms in total. The van der Waals surface area contributed by atoms with Gasteiger partial charge in [0.05, 0.1) is 15.6 Å². The third kappa shape index (κ3) is 2.89. The van der Waals surface area contributed by atoms with Gasteiger partial charge in [0.1, 0.15) is 0 Å². The molecule has 1 aromatic rings. The molecule has 1 saturated carbocycles. The average molecular weight is 285 g/mol. The minimum atomic E-state index is 0.0982. The number of rotatable bonds is 3. The van der Waals surface area contributed by atoms with Crippen molar-refractivity contribution in [2.75, 3.05) is 0 Å². The van der Waals surface area contributed by atoms with E-state index in [2.05, 4.69) is 6.92 Å². The molecule has 18 heavy (non-hydrogen) atoms. The maximum Gasteiger partial charge on any atom is 0.168 e. The molecule has 1 fully saturated rings. The zero-order valence-electron chi connectivity index (χ0n) is 10.6. The molecule has 0 radical (unpaired) electrons. The molecule has 0 aromatic heterocycles. The van der Waals surface area contributed by atoms with Crippen LogP contribution in [0.2, 0.25) is 10.0 Å². The predicted molar refractivity (Wildman–Crippen MR) is 76.5 cm³/mol. The Morgan fingerprint density at radius 1 is 1.28 bits per heavy atom. The average Bonchev–Trinajstić information content (AvgIpc) is 2.38. The van der Waals surface area contributed by atoms with Gasteiger partial charge in [-0.25, -0.2) is 0 Å². The number of halogens is 2. The molecule has 2 unspecified atom stereocenters. The van der Waals surface area contributed by atoms with Crippen LogP contribution in [0.5, 0.6) is 0 Å². The van der Waals surface area contributed by atoms with Crippen LogP contribution in [-0.4, -0.2) is 5.78 Å². The van der Waals surface area contributed by atoms with Crippen LogP contribution in [0.3, 0.4) is 0 Å². The van der Waals surface area contributed by atoms with Crippen molar-refractivity contribution in [3.05, 3.63) is 33.8 Å². The smallest absolute Gasteiger partial charge is 0.168 e. The van der Waals surface area contributed by atoms with Gasteiger partial charge in [-0.1, -0.05) is 55.5 Å². The van der Waals surface area contributed by atoms with Crippen molar-refractivity contribution in [2.24, 2.45) is 11.8 Å². The van der Waals surface area contributed by atoms with E-state index in [1.54, 1.807) is 18.2 Å². The fraction of sp³-hybridized carbons (Fsp3) is 0.533. The van der Waals surface area contributed by atoms with E-state index in [-0.39, 0.29) is 11.7 Å². The topological polar surface area (TPSA) is 17.1 Å². The first-order valence-electron chi connectivity index (χ1n) is 6.61. The Morgan fingerprint density at radius 3 is 2.56 bits per heavy atom. The molecule has 1 aromatic carbocycles. The molecular weight excluding hydrogens is 267 g/mol. The number of hydrogen-bond donors (Lipinski definition) is 0. The first kappa shape index (κ1) is 13.9. The van der Waals surface area contributed by atoms with Crippen LogP contribution in [0.4, 0.5) is 0 Å². The maximum atomic E-state index is 12.5. The molecule has 2 rings (SSSR count). The zero-order valence-corrected chi connectivity index (χ0v) is 12.1. The van der Waals surface area contributed by atoms with E-state index in [1.807, 2.05) is 0 Å². The predicted octanol–water partition coefficient (Wildman–Crippen LogP) is 5.39. The molecule has 98 valence electrons. The Morgan fingerprint density at radius 2 is 1.94 bits per heavy atom. The van der Waals surface area contributed by atoms with Gasteiger partial charge in [-0.2, -0.15) is 0 Å². The third-order valence-corrected chi connectivity index (χ3v) is 4.57. The Kier molecular flexibility index (Phi) is 4.69. The zero-order chi connectivity index (χ0) is 13.1. The summed E-state index contributed by atoms with van der Waals surface area (Å²) < 4.78 is 0. The molecular formula is C15H18Cl2O. The van der Waals surface area contributed by atoms with Crippen molar-refractivity contribution in [1.82, 2.24) is 0 Å². The Bertz CT molecular complexity index is 422. The summed E-state index contributed by atoms with van der Waals surface area (Å²) in [6.07, 6.45) is 5.49. The lowest BCUT2D eigenvalue weighted by Crippen LogP contribution is -2.23. The highest BCUT2D eigenvalue weighted by atomic mass is 35.5. The molecule has 1 aliphatic carbocycles. The second-order valence-corrected chi connectivity index (χ2v) is 5.91. The monoisotopic (exact) mass is 284 g/mol. The minimum absolute atomic E-state index is 0.0982. The highest BCUT2D eigenvalue weighted by molar-refractivity contribution is 6.39. The van der Waals surface area contributed by atoms with Crippen LogP contribution in [-0.2, 0) is 0 Å². The maximum absolute atomic E-state index is 12.5. The van der Waals surface area contributed by atoms with Gasteiger partial charge in [0, 0.05) is 5.92 Å². The summed E-state index contributed by atoms with van der Waals surface area (Å²) in [4.78, 5) is 12.5. The number of Topliss-reactive ketones (excluding diaryl/α,β-unsaturated/α-hetero) is 1. The lowest BCUT2D eigenvalue weighted by Gasteiger charge is -2.27. The highest BCUT2D eigenvalue weighted by Gasteiger charge is 2.29. The second-order valence-electron chi connectivity index (χ2n) is 5.10.